The minimum Gasteiger partial charge on any atom is -0.397 e. The molecule has 0 aliphatic carbocycles. The summed E-state index contributed by atoms with van der Waals surface area (Å²) in [6, 6.07) is 4.16. The Bertz CT molecular complexity index is 278. The number of aliphatic hydroxyl groups is 1. The van der Waals surface area contributed by atoms with Crippen molar-refractivity contribution in [1.29, 1.82) is 0 Å². The van der Waals surface area contributed by atoms with Crippen molar-refractivity contribution in [2.75, 3.05) is 24.2 Å². The van der Waals surface area contributed by atoms with Gasteiger partial charge in [-0.1, -0.05) is 0 Å². The van der Waals surface area contributed by atoms with Crippen LogP contribution >= 0.6 is 0 Å². The lowest BCUT2D eigenvalue weighted by Crippen LogP contribution is -2.05. The molecule has 1 rings (SSSR count). The van der Waals surface area contributed by atoms with Crippen LogP contribution in [0.25, 0.3) is 0 Å². The van der Waals surface area contributed by atoms with E-state index < -0.39 is 0 Å². The lowest BCUT2D eigenvalue weighted by Gasteiger charge is -2.07. The van der Waals surface area contributed by atoms with Crippen LogP contribution in [0.4, 0.5) is 15.8 Å². The van der Waals surface area contributed by atoms with Crippen molar-refractivity contribution in [2.45, 2.75) is 6.42 Å². The first-order chi connectivity index (χ1) is 6.24. The molecule has 0 aliphatic rings. The molecule has 0 unspecified atom stereocenters. The van der Waals surface area contributed by atoms with Crippen molar-refractivity contribution in [1.82, 2.24) is 0 Å². The van der Waals surface area contributed by atoms with E-state index >= 15 is 0 Å². The summed E-state index contributed by atoms with van der Waals surface area (Å²) < 4.78 is 12.7. The number of nitrogens with one attached hydrogen (secondary N) is 1. The molecule has 0 atom stereocenters. The number of anilines is 2. The number of benzene rings is 1. The van der Waals surface area contributed by atoms with Crippen molar-refractivity contribution in [2.24, 2.45) is 0 Å². The maximum Gasteiger partial charge on any atom is 0.125 e. The van der Waals surface area contributed by atoms with E-state index in [1.807, 2.05) is 0 Å². The lowest BCUT2D eigenvalue weighted by atomic mass is 10.2. The smallest absolute Gasteiger partial charge is 0.125 e. The predicted molar refractivity (Wildman–Crippen MR) is 51.0 cm³/mol. The van der Waals surface area contributed by atoms with E-state index in [0.29, 0.717) is 24.3 Å². The fraction of sp³-hybridized carbons (Fsp3) is 0.333. The summed E-state index contributed by atoms with van der Waals surface area (Å²) in [6.07, 6.45) is 0.621. The quantitative estimate of drug-likeness (QED) is 0.487. The first-order valence-electron chi connectivity index (χ1n) is 4.14. The van der Waals surface area contributed by atoms with Crippen LogP contribution in [-0.2, 0) is 0 Å². The van der Waals surface area contributed by atoms with Crippen LogP contribution in [0.2, 0.25) is 0 Å². The van der Waals surface area contributed by atoms with Crippen LogP contribution in [0.15, 0.2) is 18.2 Å². The molecule has 0 aromatic heterocycles. The van der Waals surface area contributed by atoms with Gasteiger partial charge in [-0.15, -0.1) is 0 Å². The molecule has 3 nitrogen and oxygen atoms in total. The fourth-order valence-corrected chi connectivity index (χ4v) is 0.984. The summed E-state index contributed by atoms with van der Waals surface area (Å²) in [5.74, 6) is -0.319. The zero-order chi connectivity index (χ0) is 9.68. The summed E-state index contributed by atoms with van der Waals surface area (Å²) in [4.78, 5) is 0. The third-order valence-corrected chi connectivity index (χ3v) is 1.67. The molecule has 4 N–H and O–H groups in total. The second-order valence-electron chi connectivity index (χ2n) is 2.74. The van der Waals surface area contributed by atoms with E-state index in [4.69, 9.17) is 10.8 Å². The molecular weight excluding hydrogens is 171 g/mol. The van der Waals surface area contributed by atoms with Crippen LogP contribution < -0.4 is 11.1 Å². The molecule has 0 heterocycles. The minimum atomic E-state index is -0.319. The average molecular weight is 184 g/mol. The highest BCUT2D eigenvalue weighted by atomic mass is 19.1. The number of hydrogen-bond donors (Lipinski definition) is 3. The monoisotopic (exact) mass is 184 g/mol. The van der Waals surface area contributed by atoms with Crippen LogP contribution in [-0.4, -0.2) is 18.3 Å². The topological polar surface area (TPSA) is 58.3 Å². The molecule has 4 heteroatoms. The van der Waals surface area contributed by atoms with Gasteiger partial charge in [-0.05, 0) is 24.6 Å². The van der Waals surface area contributed by atoms with E-state index in [9.17, 15) is 4.39 Å². The standard InChI is InChI=1S/C9H13FN2O/c10-7-2-3-8(11)9(6-7)12-4-1-5-13/h2-3,6,12-13H,1,4-5,11H2. The second kappa shape index (κ2) is 4.67. The lowest BCUT2D eigenvalue weighted by molar-refractivity contribution is 0.292. The van der Waals surface area contributed by atoms with Crippen molar-refractivity contribution >= 4 is 11.4 Å². The van der Waals surface area contributed by atoms with E-state index in [1.54, 1.807) is 0 Å². The second-order valence-corrected chi connectivity index (χ2v) is 2.74. The number of aliphatic hydroxyl groups excluding tert-OH is 1. The molecule has 0 fully saturated rings. The molecular formula is C9H13FN2O. The van der Waals surface area contributed by atoms with Crippen LogP contribution in [0.1, 0.15) is 6.42 Å². The highest BCUT2D eigenvalue weighted by molar-refractivity contribution is 5.65. The molecule has 0 spiro atoms. The summed E-state index contributed by atoms with van der Waals surface area (Å²) in [5, 5.41) is 11.5. The van der Waals surface area contributed by atoms with Gasteiger partial charge in [-0.3, -0.25) is 0 Å². The highest BCUT2D eigenvalue weighted by Crippen LogP contribution is 2.18. The van der Waals surface area contributed by atoms with Gasteiger partial charge in [-0.2, -0.15) is 0 Å². The Morgan fingerprint density at radius 3 is 2.92 bits per heavy atom. The van der Waals surface area contributed by atoms with E-state index in [-0.39, 0.29) is 12.4 Å². The van der Waals surface area contributed by atoms with Gasteiger partial charge in [0.1, 0.15) is 5.82 Å². The number of hydrogen-bond acceptors (Lipinski definition) is 3. The van der Waals surface area contributed by atoms with Crippen LogP contribution in [0.3, 0.4) is 0 Å². The van der Waals surface area contributed by atoms with Gasteiger partial charge < -0.3 is 16.2 Å². The zero-order valence-electron chi connectivity index (χ0n) is 7.26. The minimum absolute atomic E-state index is 0.113. The predicted octanol–water partition coefficient (Wildman–Crippen LogP) is 1.20. The van der Waals surface area contributed by atoms with Crippen molar-refractivity contribution in [3.05, 3.63) is 24.0 Å². The van der Waals surface area contributed by atoms with E-state index in [0.717, 1.165) is 0 Å². The largest absolute Gasteiger partial charge is 0.397 e. The van der Waals surface area contributed by atoms with Gasteiger partial charge in [0.2, 0.25) is 0 Å². The van der Waals surface area contributed by atoms with Gasteiger partial charge in [0.05, 0.1) is 11.4 Å². The van der Waals surface area contributed by atoms with Crippen LogP contribution in [0.5, 0.6) is 0 Å². The maximum absolute atomic E-state index is 12.7. The molecule has 13 heavy (non-hydrogen) atoms. The van der Waals surface area contributed by atoms with Gasteiger partial charge in [0.15, 0.2) is 0 Å². The summed E-state index contributed by atoms with van der Waals surface area (Å²) in [6.45, 7) is 0.701. The zero-order valence-corrected chi connectivity index (χ0v) is 7.26. The highest BCUT2D eigenvalue weighted by Gasteiger charge is 1.99. The third kappa shape index (κ3) is 2.91. The average Bonchev–Trinajstić information content (AvgIpc) is 2.11. The summed E-state index contributed by atoms with van der Waals surface area (Å²) in [7, 11) is 0. The molecule has 1 aromatic rings. The molecule has 72 valence electrons. The number of nitrogen functional groups attached to an aromatic ring is 1. The number of halogens is 1. The van der Waals surface area contributed by atoms with Gasteiger partial charge >= 0.3 is 0 Å². The molecule has 1 aromatic carbocycles. The van der Waals surface area contributed by atoms with Gasteiger partial charge in [0, 0.05) is 13.2 Å². The summed E-state index contributed by atoms with van der Waals surface area (Å²) >= 11 is 0. The van der Waals surface area contributed by atoms with Gasteiger partial charge in [0.25, 0.3) is 0 Å². The van der Waals surface area contributed by atoms with E-state index in [1.165, 1.54) is 18.2 Å². The first-order valence-corrected chi connectivity index (χ1v) is 4.14. The van der Waals surface area contributed by atoms with Crippen molar-refractivity contribution < 1.29 is 9.50 Å². The first kappa shape index (κ1) is 9.80. The molecule has 0 amide bonds. The Morgan fingerprint density at radius 1 is 1.46 bits per heavy atom. The molecule has 0 aliphatic heterocycles. The summed E-state index contributed by atoms with van der Waals surface area (Å²) in [5.41, 5.74) is 6.67. The molecule has 0 saturated heterocycles. The molecule has 0 saturated carbocycles. The van der Waals surface area contributed by atoms with Gasteiger partial charge in [-0.25, -0.2) is 4.39 Å². The van der Waals surface area contributed by atoms with Crippen molar-refractivity contribution in [3.8, 4) is 0 Å². The normalized spacial score (nSPS) is 10.0. The Labute approximate surface area is 76.4 Å². The Kier molecular flexibility index (Phi) is 3.52. The Hall–Kier alpha value is -1.29. The maximum atomic E-state index is 12.7. The Morgan fingerprint density at radius 2 is 2.23 bits per heavy atom. The van der Waals surface area contributed by atoms with Crippen molar-refractivity contribution in [3.63, 3.8) is 0 Å². The van der Waals surface area contributed by atoms with Crippen LogP contribution in [0, 0.1) is 5.82 Å². The number of rotatable bonds is 4. The van der Waals surface area contributed by atoms with E-state index in [2.05, 4.69) is 5.32 Å². The number of nitrogens with two attached hydrogens (primary N) is 1. The molecule has 0 radical (unpaired) electrons. The molecule has 0 bridgehead atoms. The SMILES string of the molecule is Nc1ccc(F)cc1NCCCO. The third-order valence-electron chi connectivity index (χ3n) is 1.67. The fourth-order valence-electron chi connectivity index (χ4n) is 0.984. The Balaban J connectivity index is 2.59.